The van der Waals surface area contributed by atoms with Gasteiger partial charge in [-0.2, -0.15) is 0 Å². The summed E-state index contributed by atoms with van der Waals surface area (Å²) in [7, 11) is 0. The number of benzene rings is 5. The van der Waals surface area contributed by atoms with Crippen molar-refractivity contribution in [1.82, 2.24) is 16.0 Å². The van der Waals surface area contributed by atoms with Crippen molar-refractivity contribution in [2.75, 3.05) is 6.61 Å². The molecule has 0 radical (unpaired) electrons. The van der Waals surface area contributed by atoms with Crippen LogP contribution in [0.1, 0.15) is 53.5 Å². The number of alkyl carbamates (subject to hydrolysis) is 1. The zero-order valence-corrected chi connectivity index (χ0v) is 28.1. The van der Waals surface area contributed by atoms with Crippen molar-refractivity contribution >= 4 is 23.9 Å². The van der Waals surface area contributed by atoms with Crippen LogP contribution >= 0.6 is 0 Å². The van der Waals surface area contributed by atoms with Gasteiger partial charge in [0.05, 0.1) is 0 Å². The summed E-state index contributed by atoms with van der Waals surface area (Å²) < 4.78 is 5.69. The maximum absolute atomic E-state index is 14.0. The molecule has 5 aromatic carbocycles. The summed E-state index contributed by atoms with van der Waals surface area (Å²) in [5.74, 6) is -2.56. The van der Waals surface area contributed by atoms with Gasteiger partial charge in [0.1, 0.15) is 24.2 Å². The standard InChI is InChI=1S/C42H39N3O6/c1-28(40(48)49)43-39(47)37(44-41(50)51-27-36-34-23-13-11-21-32(34)33-22-12-14-24-35(33)36)25-26-38(46)45-42(29-15-5-2-6-16-29,30-17-7-3-8-18-30)31-19-9-4-10-20-31/h2-24,28,36-37H,25-27H2,1H3,(H,43,47)(H,44,50)(H,45,46)(H,48,49)/t28-,37-/m0/s1. The zero-order chi connectivity index (χ0) is 35.8. The van der Waals surface area contributed by atoms with Gasteiger partial charge in [0.2, 0.25) is 11.8 Å². The van der Waals surface area contributed by atoms with Crippen LogP contribution in [0.5, 0.6) is 0 Å². The first kappa shape index (κ1) is 34.6. The third-order valence-corrected chi connectivity index (χ3v) is 9.29. The lowest BCUT2D eigenvalue weighted by Gasteiger charge is -2.37. The van der Waals surface area contributed by atoms with Gasteiger partial charge in [0.25, 0.3) is 0 Å². The molecule has 2 atom stereocenters. The number of aliphatic carboxylic acids is 1. The number of carbonyl (C=O) groups excluding carboxylic acids is 3. The molecule has 0 unspecified atom stereocenters. The molecule has 0 spiro atoms. The number of nitrogens with one attached hydrogen (secondary N) is 3. The summed E-state index contributed by atoms with van der Waals surface area (Å²) >= 11 is 0. The topological polar surface area (TPSA) is 134 Å². The van der Waals surface area contributed by atoms with E-state index in [1.54, 1.807) is 0 Å². The fourth-order valence-corrected chi connectivity index (χ4v) is 6.75. The molecule has 0 saturated carbocycles. The molecule has 4 N–H and O–H groups in total. The highest BCUT2D eigenvalue weighted by atomic mass is 16.5. The van der Waals surface area contributed by atoms with E-state index in [-0.39, 0.29) is 31.3 Å². The van der Waals surface area contributed by atoms with Crippen LogP contribution < -0.4 is 16.0 Å². The molecule has 0 bridgehead atoms. The van der Waals surface area contributed by atoms with Crippen molar-refractivity contribution in [2.45, 2.75) is 43.3 Å². The highest BCUT2D eigenvalue weighted by Crippen LogP contribution is 2.44. The first-order valence-corrected chi connectivity index (χ1v) is 16.9. The number of ether oxygens (including phenoxy) is 1. The Morgan fingerprint density at radius 2 is 1.12 bits per heavy atom. The Labute approximate surface area is 296 Å². The number of amides is 3. The van der Waals surface area contributed by atoms with Gasteiger partial charge in [0.15, 0.2) is 0 Å². The Bertz CT molecular complexity index is 1860. The van der Waals surface area contributed by atoms with Crippen LogP contribution in [-0.4, -0.2) is 47.7 Å². The van der Waals surface area contributed by atoms with Crippen molar-refractivity contribution in [1.29, 1.82) is 0 Å². The Balaban J connectivity index is 1.21. The van der Waals surface area contributed by atoms with Gasteiger partial charge in [-0.25, -0.2) is 4.79 Å². The summed E-state index contributed by atoms with van der Waals surface area (Å²) in [6.45, 7) is 1.35. The van der Waals surface area contributed by atoms with E-state index in [4.69, 9.17) is 4.74 Å². The third-order valence-electron chi connectivity index (χ3n) is 9.29. The molecule has 9 heteroatoms. The van der Waals surface area contributed by atoms with Gasteiger partial charge in [-0.05, 0) is 52.3 Å². The quantitative estimate of drug-likeness (QED) is 0.107. The molecular formula is C42H39N3O6. The summed E-state index contributed by atoms with van der Waals surface area (Å²) in [4.78, 5) is 52.2. The smallest absolute Gasteiger partial charge is 0.407 e. The third kappa shape index (κ3) is 7.52. The molecule has 5 aromatic rings. The second-order valence-electron chi connectivity index (χ2n) is 12.5. The van der Waals surface area contributed by atoms with Crippen LogP contribution in [0.15, 0.2) is 140 Å². The maximum Gasteiger partial charge on any atom is 0.407 e. The SMILES string of the molecule is C[C@H](NC(=O)[C@H](CCC(=O)NC(c1ccccc1)(c1ccccc1)c1ccccc1)NC(=O)OCC1c2ccccc2-c2ccccc21)C(=O)O. The molecule has 1 aliphatic carbocycles. The lowest BCUT2D eigenvalue weighted by molar-refractivity contribution is -0.141. The number of rotatable bonds is 13. The van der Waals surface area contributed by atoms with Gasteiger partial charge >= 0.3 is 12.1 Å². The highest BCUT2D eigenvalue weighted by Gasteiger charge is 2.38. The number of carbonyl (C=O) groups is 4. The molecule has 1 aliphatic rings. The molecule has 3 amide bonds. The molecule has 6 rings (SSSR count). The summed E-state index contributed by atoms with van der Waals surface area (Å²) in [6, 6.07) is 42.2. The first-order valence-electron chi connectivity index (χ1n) is 16.9. The minimum Gasteiger partial charge on any atom is -0.480 e. The van der Waals surface area contributed by atoms with Crippen LogP contribution in [-0.2, 0) is 24.7 Å². The van der Waals surface area contributed by atoms with Crippen molar-refractivity contribution in [2.24, 2.45) is 0 Å². The van der Waals surface area contributed by atoms with Gasteiger partial charge < -0.3 is 25.8 Å². The van der Waals surface area contributed by atoms with Crippen molar-refractivity contribution < 1.29 is 29.0 Å². The van der Waals surface area contributed by atoms with E-state index in [2.05, 4.69) is 16.0 Å². The number of carboxylic acids is 1. The van der Waals surface area contributed by atoms with Gasteiger partial charge in [-0.1, -0.05) is 140 Å². The number of hydrogen-bond donors (Lipinski definition) is 4. The normalized spacial score (nSPS) is 13.2. The fraction of sp³-hybridized carbons (Fsp3) is 0.190. The molecule has 0 aromatic heterocycles. The predicted octanol–water partition coefficient (Wildman–Crippen LogP) is 6.37. The van der Waals surface area contributed by atoms with Crippen LogP contribution in [0.2, 0.25) is 0 Å². The highest BCUT2D eigenvalue weighted by molar-refractivity contribution is 5.90. The molecule has 258 valence electrons. The van der Waals surface area contributed by atoms with Crippen molar-refractivity contribution in [3.05, 3.63) is 167 Å². The van der Waals surface area contributed by atoms with E-state index in [0.717, 1.165) is 38.9 Å². The Morgan fingerprint density at radius 3 is 1.59 bits per heavy atom. The number of hydrogen-bond acceptors (Lipinski definition) is 5. The Hall–Kier alpha value is -6.22. The summed E-state index contributed by atoms with van der Waals surface area (Å²) in [5, 5.41) is 17.7. The molecule has 0 heterocycles. The lowest BCUT2D eigenvalue weighted by Crippen LogP contribution is -2.52. The van der Waals surface area contributed by atoms with E-state index < -0.39 is 35.6 Å². The van der Waals surface area contributed by atoms with E-state index in [1.165, 1.54) is 6.92 Å². The molecule has 0 saturated heterocycles. The van der Waals surface area contributed by atoms with Gasteiger partial charge in [-0.3, -0.25) is 14.4 Å². The fourth-order valence-electron chi connectivity index (χ4n) is 6.75. The van der Waals surface area contributed by atoms with Crippen molar-refractivity contribution in [3.63, 3.8) is 0 Å². The second kappa shape index (κ2) is 15.6. The maximum atomic E-state index is 14.0. The van der Waals surface area contributed by atoms with E-state index in [1.807, 2.05) is 140 Å². The summed E-state index contributed by atoms with van der Waals surface area (Å²) in [5.41, 5.74) is 5.64. The lowest BCUT2D eigenvalue weighted by atomic mass is 9.77. The Kier molecular flexibility index (Phi) is 10.6. The van der Waals surface area contributed by atoms with Crippen LogP contribution in [0.4, 0.5) is 4.79 Å². The van der Waals surface area contributed by atoms with Gasteiger partial charge in [0, 0.05) is 12.3 Å². The van der Waals surface area contributed by atoms with E-state index in [0.29, 0.717) is 0 Å². The first-order chi connectivity index (χ1) is 24.8. The number of carboxylic acid groups (broad SMARTS) is 1. The van der Waals surface area contributed by atoms with E-state index >= 15 is 0 Å². The average molecular weight is 682 g/mol. The second-order valence-corrected chi connectivity index (χ2v) is 12.5. The monoisotopic (exact) mass is 681 g/mol. The van der Waals surface area contributed by atoms with Crippen LogP contribution in [0.3, 0.4) is 0 Å². The van der Waals surface area contributed by atoms with E-state index in [9.17, 15) is 24.3 Å². The van der Waals surface area contributed by atoms with Crippen LogP contribution in [0, 0.1) is 0 Å². The summed E-state index contributed by atoms with van der Waals surface area (Å²) in [6.07, 6.45) is -1.15. The largest absolute Gasteiger partial charge is 0.480 e. The van der Waals surface area contributed by atoms with Crippen molar-refractivity contribution in [3.8, 4) is 11.1 Å². The minimum absolute atomic E-state index is 0.0218. The molecule has 9 nitrogen and oxygen atoms in total. The minimum atomic E-state index is -1.26. The molecule has 0 aliphatic heterocycles. The van der Waals surface area contributed by atoms with Crippen LogP contribution in [0.25, 0.3) is 11.1 Å². The Morgan fingerprint density at radius 1 is 0.667 bits per heavy atom. The predicted molar refractivity (Wildman–Crippen MR) is 194 cm³/mol. The number of fused-ring (bicyclic) bond motifs is 3. The molecule has 0 fully saturated rings. The average Bonchev–Trinajstić information content (AvgIpc) is 3.49. The molecule has 51 heavy (non-hydrogen) atoms. The molecular weight excluding hydrogens is 642 g/mol. The van der Waals surface area contributed by atoms with Gasteiger partial charge in [-0.15, -0.1) is 0 Å². The zero-order valence-electron chi connectivity index (χ0n) is 28.1.